The number of imidazole rings is 1. The van der Waals surface area contributed by atoms with E-state index in [2.05, 4.69) is 27.8 Å². The first-order chi connectivity index (χ1) is 13.2. The molecular weight excluding hydrogens is 340 g/mol. The van der Waals surface area contributed by atoms with Crippen LogP contribution in [0.5, 0.6) is 0 Å². The summed E-state index contributed by atoms with van der Waals surface area (Å²) in [6.07, 6.45) is 5.49. The van der Waals surface area contributed by atoms with E-state index in [0.717, 1.165) is 50.8 Å². The number of aromatic nitrogens is 2. The third-order valence-corrected chi connectivity index (χ3v) is 4.84. The quantitative estimate of drug-likeness (QED) is 0.704. The number of fused-ring (bicyclic) bond motifs is 1. The largest absolute Gasteiger partial charge is 0.351 e. The number of rotatable bonds is 8. The van der Waals surface area contributed by atoms with Crippen LogP contribution in [0.15, 0.2) is 30.3 Å². The zero-order valence-corrected chi connectivity index (χ0v) is 16.0. The van der Waals surface area contributed by atoms with E-state index in [1.54, 1.807) is 0 Å². The highest BCUT2D eigenvalue weighted by Gasteiger charge is 2.27. The maximum absolute atomic E-state index is 12.7. The summed E-state index contributed by atoms with van der Waals surface area (Å²) >= 11 is 0. The number of carbonyl (C=O) groups is 2. The molecule has 0 spiro atoms. The van der Waals surface area contributed by atoms with E-state index < -0.39 is 0 Å². The van der Waals surface area contributed by atoms with E-state index in [1.165, 1.54) is 5.56 Å². The van der Waals surface area contributed by atoms with E-state index >= 15 is 0 Å². The van der Waals surface area contributed by atoms with Crippen molar-refractivity contribution in [2.24, 2.45) is 0 Å². The van der Waals surface area contributed by atoms with Crippen molar-refractivity contribution in [3.63, 3.8) is 0 Å². The predicted molar refractivity (Wildman–Crippen MR) is 105 cm³/mol. The van der Waals surface area contributed by atoms with Crippen LogP contribution in [0.1, 0.15) is 65.0 Å². The molecule has 0 saturated carbocycles. The fraction of sp³-hybridized carbons (Fsp3) is 0.476. The second kappa shape index (κ2) is 9.35. The van der Waals surface area contributed by atoms with Gasteiger partial charge in [-0.2, -0.15) is 0 Å². The smallest absolute Gasteiger partial charge is 0.287 e. The average molecular weight is 368 g/mol. The molecule has 0 bridgehead atoms. The zero-order valence-electron chi connectivity index (χ0n) is 16.0. The first-order valence-electron chi connectivity index (χ1n) is 9.90. The van der Waals surface area contributed by atoms with Gasteiger partial charge in [-0.1, -0.05) is 37.3 Å². The monoisotopic (exact) mass is 368 g/mol. The lowest BCUT2D eigenvalue weighted by molar-refractivity contribution is 0.0937. The predicted octanol–water partition coefficient (Wildman–Crippen LogP) is 2.72. The molecule has 0 saturated heterocycles. The fourth-order valence-corrected chi connectivity index (χ4v) is 3.44. The minimum atomic E-state index is -0.192. The Kier molecular flexibility index (Phi) is 6.63. The SMILES string of the molecule is CCCNC(=O)c1nc(C(=O)NCCCc2ccccc2)c2n1CCCC2. The highest BCUT2D eigenvalue weighted by atomic mass is 16.2. The maximum Gasteiger partial charge on any atom is 0.287 e. The van der Waals surface area contributed by atoms with Crippen LogP contribution in [-0.2, 0) is 19.4 Å². The lowest BCUT2D eigenvalue weighted by atomic mass is 10.1. The van der Waals surface area contributed by atoms with Gasteiger partial charge < -0.3 is 15.2 Å². The van der Waals surface area contributed by atoms with Gasteiger partial charge in [0.05, 0.1) is 5.69 Å². The van der Waals surface area contributed by atoms with Crippen molar-refractivity contribution in [3.8, 4) is 0 Å². The summed E-state index contributed by atoms with van der Waals surface area (Å²) in [5.74, 6) is -0.000957. The lowest BCUT2D eigenvalue weighted by Crippen LogP contribution is -2.28. The van der Waals surface area contributed by atoms with Crippen LogP contribution in [0, 0.1) is 0 Å². The Bertz CT molecular complexity index is 783. The van der Waals surface area contributed by atoms with Crippen molar-refractivity contribution in [2.45, 2.75) is 52.0 Å². The number of nitrogens with one attached hydrogen (secondary N) is 2. The van der Waals surface area contributed by atoms with E-state index in [-0.39, 0.29) is 11.8 Å². The van der Waals surface area contributed by atoms with E-state index in [4.69, 9.17) is 0 Å². The van der Waals surface area contributed by atoms with Gasteiger partial charge in [0.15, 0.2) is 5.82 Å². The summed E-state index contributed by atoms with van der Waals surface area (Å²) in [7, 11) is 0. The molecule has 2 aromatic rings. The summed E-state index contributed by atoms with van der Waals surface area (Å²) in [6, 6.07) is 10.2. The van der Waals surface area contributed by atoms with Gasteiger partial charge in [0.2, 0.25) is 0 Å². The summed E-state index contributed by atoms with van der Waals surface area (Å²) in [5.41, 5.74) is 2.57. The molecule has 27 heavy (non-hydrogen) atoms. The third-order valence-electron chi connectivity index (χ3n) is 4.84. The van der Waals surface area contributed by atoms with Crippen molar-refractivity contribution in [1.29, 1.82) is 0 Å². The van der Waals surface area contributed by atoms with Crippen LogP contribution in [0.3, 0.4) is 0 Å². The third kappa shape index (κ3) is 4.76. The maximum atomic E-state index is 12.7. The second-order valence-electron chi connectivity index (χ2n) is 6.94. The normalized spacial score (nSPS) is 13.1. The fourth-order valence-electron chi connectivity index (χ4n) is 3.44. The molecule has 2 amide bonds. The molecule has 6 nitrogen and oxygen atoms in total. The van der Waals surface area contributed by atoms with E-state index in [9.17, 15) is 9.59 Å². The highest BCUT2D eigenvalue weighted by molar-refractivity contribution is 5.97. The van der Waals surface area contributed by atoms with Gasteiger partial charge in [0, 0.05) is 19.6 Å². The first kappa shape index (κ1) is 19.1. The molecule has 1 aromatic heterocycles. The molecule has 6 heteroatoms. The van der Waals surface area contributed by atoms with Crippen LogP contribution in [-0.4, -0.2) is 34.5 Å². The summed E-state index contributed by atoms with van der Waals surface area (Å²) in [6.45, 7) is 3.97. The molecule has 0 unspecified atom stereocenters. The first-order valence-corrected chi connectivity index (χ1v) is 9.90. The number of carbonyl (C=O) groups excluding carboxylic acids is 2. The number of nitrogens with zero attached hydrogens (tertiary/aromatic N) is 2. The van der Waals surface area contributed by atoms with Crippen LogP contribution < -0.4 is 10.6 Å². The number of amides is 2. The second-order valence-corrected chi connectivity index (χ2v) is 6.94. The van der Waals surface area contributed by atoms with Crippen molar-refractivity contribution in [1.82, 2.24) is 20.2 Å². The van der Waals surface area contributed by atoms with E-state index in [1.807, 2.05) is 29.7 Å². The number of benzene rings is 1. The van der Waals surface area contributed by atoms with Crippen molar-refractivity contribution < 1.29 is 9.59 Å². The van der Waals surface area contributed by atoms with Gasteiger partial charge in [-0.15, -0.1) is 0 Å². The molecule has 1 aliphatic rings. The molecule has 144 valence electrons. The average Bonchev–Trinajstić information content (AvgIpc) is 3.10. The molecule has 2 N–H and O–H groups in total. The van der Waals surface area contributed by atoms with Gasteiger partial charge in [0.1, 0.15) is 5.69 Å². The standard InChI is InChI=1S/C21H28N4O2/c1-2-13-22-21(27)19-24-18(17-12-6-7-15-25(17)19)20(26)23-14-8-11-16-9-4-3-5-10-16/h3-5,9-10H,2,6-8,11-15H2,1H3,(H,22,27)(H,23,26). The van der Waals surface area contributed by atoms with Gasteiger partial charge in [-0.25, -0.2) is 4.98 Å². The Morgan fingerprint density at radius 1 is 1.07 bits per heavy atom. The Hall–Kier alpha value is -2.63. The van der Waals surface area contributed by atoms with Gasteiger partial charge in [0.25, 0.3) is 11.8 Å². The summed E-state index contributed by atoms with van der Waals surface area (Å²) in [4.78, 5) is 29.5. The summed E-state index contributed by atoms with van der Waals surface area (Å²) in [5, 5.41) is 5.84. The molecule has 0 fully saturated rings. The van der Waals surface area contributed by atoms with Crippen molar-refractivity contribution >= 4 is 11.8 Å². The topological polar surface area (TPSA) is 76.0 Å². The van der Waals surface area contributed by atoms with Crippen molar-refractivity contribution in [3.05, 3.63) is 53.1 Å². The van der Waals surface area contributed by atoms with Crippen molar-refractivity contribution in [2.75, 3.05) is 13.1 Å². The molecule has 2 heterocycles. The van der Waals surface area contributed by atoms with Crippen LogP contribution >= 0.6 is 0 Å². The van der Waals surface area contributed by atoms with Gasteiger partial charge in [-0.05, 0) is 44.1 Å². The Labute approximate surface area is 160 Å². The number of hydrogen-bond acceptors (Lipinski definition) is 3. The summed E-state index contributed by atoms with van der Waals surface area (Å²) < 4.78 is 1.92. The lowest BCUT2D eigenvalue weighted by Gasteiger charge is -2.17. The highest BCUT2D eigenvalue weighted by Crippen LogP contribution is 2.21. The zero-order chi connectivity index (χ0) is 19.1. The number of hydrogen-bond donors (Lipinski definition) is 2. The van der Waals surface area contributed by atoms with Gasteiger partial charge >= 0.3 is 0 Å². The van der Waals surface area contributed by atoms with Crippen LogP contribution in [0.2, 0.25) is 0 Å². The Balaban J connectivity index is 1.63. The molecular formula is C21H28N4O2. The molecule has 1 aliphatic heterocycles. The Morgan fingerprint density at radius 2 is 1.85 bits per heavy atom. The molecule has 3 rings (SSSR count). The minimum Gasteiger partial charge on any atom is -0.351 e. The molecule has 0 aliphatic carbocycles. The van der Waals surface area contributed by atoms with Crippen LogP contribution in [0.25, 0.3) is 0 Å². The minimum absolute atomic E-state index is 0.178. The molecule has 1 aromatic carbocycles. The number of aryl methyl sites for hydroxylation is 1. The van der Waals surface area contributed by atoms with Gasteiger partial charge in [-0.3, -0.25) is 9.59 Å². The molecule has 0 atom stereocenters. The Morgan fingerprint density at radius 3 is 2.63 bits per heavy atom. The van der Waals surface area contributed by atoms with E-state index in [0.29, 0.717) is 24.6 Å². The van der Waals surface area contributed by atoms with Crippen LogP contribution in [0.4, 0.5) is 0 Å². The molecule has 0 radical (unpaired) electrons.